The Hall–Kier alpha value is -2.30. The average molecular weight is 262 g/mol. The van der Waals surface area contributed by atoms with Crippen LogP contribution >= 0.6 is 0 Å². The number of hydrogen-bond donors (Lipinski definition) is 1. The first-order chi connectivity index (χ1) is 9.10. The summed E-state index contributed by atoms with van der Waals surface area (Å²) in [5.41, 5.74) is 6.02. The molecule has 1 heterocycles. The van der Waals surface area contributed by atoms with E-state index in [-0.39, 0.29) is 17.2 Å². The Bertz CT molecular complexity index is 547. The lowest BCUT2D eigenvalue weighted by molar-refractivity contribution is 0.0741. The van der Waals surface area contributed by atoms with Gasteiger partial charge in [0.15, 0.2) is 0 Å². The number of nitrogen functional groups attached to an aromatic ring is 1. The summed E-state index contributed by atoms with van der Waals surface area (Å²) in [7, 11) is 0. The first-order valence-corrected chi connectivity index (χ1v) is 5.98. The highest BCUT2D eigenvalue weighted by atomic mass is 19.1. The van der Waals surface area contributed by atoms with Gasteiger partial charge in [0.2, 0.25) is 0 Å². The highest BCUT2D eigenvalue weighted by molar-refractivity contribution is 5.95. The zero-order valence-corrected chi connectivity index (χ0v) is 10.6. The Labute approximate surface area is 110 Å². The number of nitrogens with zero attached hydrogens (tertiary/aromatic N) is 1. The van der Waals surface area contributed by atoms with Crippen molar-refractivity contribution in [3.05, 3.63) is 53.7 Å². The lowest BCUT2D eigenvalue weighted by Crippen LogP contribution is -2.30. The molecule has 0 saturated heterocycles. The summed E-state index contributed by atoms with van der Waals surface area (Å²) in [5.74, 6) is -0.109. The van der Waals surface area contributed by atoms with Gasteiger partial charge in [-0.2, -0.15) is 0 Å². The maximum atomic E-state index is 13.3. The van der Waals surface area contributed by atoms with E-state index in [2.05, 4.69) is 0 Å². The van der Waals surface area contributed by atoms with Gasteiger partial charge >= 0.3 is 0 Å². The number of rotatable bonds is 4. The van der Waals surface area contributed by atoms with Gasteiger partial charge in [-0.25, -0.2) is 4.39 Å². The van der Waals surface area contributed by atoms with Crippen LogP contribution in [0, 0.1) is 5.82 Å². The minimum Gasteiger partial charge on any atom is -0.467 e. The fourth-order valence-electron chi connectivity index (χ4n) is 1.84. The maximum absolute atomic E-state index is 13.3. The van der Waals surface area contributed by atoms with Crippen LogP contribution in [-0.2, 0) is 6.54 Å². The minimum absolute atomic E-state index is 0.234. The summed E-state index contributed by atoms with van der Waals surface area (Å²) in [5, 5.41) is 0. The molecule has 5 heteroatoms. The van der Waals surface area contributed by atoms with Crippen molar-refractivity contribution in [1.82, 2.24) is 4.90 Å². The van der Waals surface area contributed by atoms with Gasteiger partial charge in [0.05, 0.1) is 12.8 Å². The van der Waals surface area contributed by atoms with E-state index in [9.17, 15) is 9.18 Å². The van der Waals surface area contributed by atoms with Gasteiger partial charge in [-0.3, -0.25) is 4.79 Å². The molecule has 0 spiro atoms. The number of anilines is 1. The molecular formula is C14H15FN2O2. The lowest BCUT2D eigenvalue weighted by atomic mass is 10.1. The van der Waals surface area contributed by atoms with Crippen molar-refractivity contribution in [2.24, 2.45) is 0 Å². The molecule has 0 aliphatic heterocycles. The van der Waals surface area contributed by atoms with Crippen molar-refractivity contribution >= 4 is 11.6 Å². The number of nitrogens with two attached hydrogens (primary N) is 1. The van der Waals surface area contributed by atoms with E-state index in [4.69, 9.17) is 10.2 Å². The van der Waals surface area contributed by atoms with Gasteiger partial charge in [-0.15, -0.1) is 0 Å². The number of furan rings is 1. The third-order valence-corrected chi connectivity index (χ3v) is 2.76. The van der Waals surface area contributed by atoms with E-state index in [1.165, 1.54) is 18.2 Å². The molecule has 4 nitrogen and oxygen atoms in total. The Kier molecular flexibility index (Phi) is 3.85. The second kappa shape index (κ2) is 5.56. The fourth-order valence-corrected chi connectivity index (χ4v) is 1.84. The third-order valence-electron chi connectivity index (χ3n) is 2.76. The molecular weight excluding hydrogens is 247 g/mol. The van der Waals surface area contributed by atoms with E-state index in [0.29, 0.717) is 18.8 Å². The second-order valence-electron chi connectivity index (χ2n) is 4.17. The van der Waals surface area contributed by atoms with E-state index in [0.717, 1.165) is 0 Å². The first kappa shape index (κ1) is 13.1. The molecule has 1 aromatic heterocycles. The van der Waals surface area contributed by atoms with Gasteiger partial charge < -0.3 is 15.1 Å². The average Bonchev–Trinajstić information content (AvgIpc) is 2.86. The standard InChI is InChI=1S/C14H15FN2O2/c1-2-17(9-13-4-3-5-19-13)14(18)10-6-11(15)8-12(16)7-10/h3-8H,2,9,16H2,1H3. The van der Waals surface area contributed by atoms with Crippen molar-refractivity contribution in [3.8, 4) is 0 Å². The van der Waals surface area contributed by atoms with Crippen LogP contribution in [0.3, 0.4) is 0 Å². The summed E-state index contributed by atoms with van der Waals surface area (Å²) in [6, 6.07) is 7.38. The van der Waals surface area contributed by atoms with Crippen LogP contribution in [0.5, 0.6) is 0 Å². The highest BCUT2D eigenvalue weighted by Gasteiger charge is 2.16. The van der Waals surface area contributed by atoms with Gasteiger partial charge in [-0.1, -0.05) is 0 Å². The molecule has 0 aliphatic rings. The number of hydrogen-bond acceptors (Lipinski definition) is 3. The first-order valence-electron chi connectivity index (χ1n) is 5.98. The van der Waals surface area contributed by atoms with Crippen LogP contribution in [-0.4, -0.2) is 17.4 Å². The number of carbonyl (C=O) groups is 1. The number of benzene rings is 1. The van der Waals surface area contributed by atoms with E-state index >= 15 is 0 Å². The number of amides is 1. The molecule has 0 bridgehead atoms. The van der Waals surface area contributed by atoms with E-state index in [1.807, 2.05) is 6.92 Å². The van der Waals surface area contributed by atoms with E-state index in [1.54, 1.807) is 23.3 Å². The predicted octanol–water partition coefficient (Wildman–Crippen LogP) is 2.66. The summed E-state index contributed by atoms with van der Waals surface area (Å²) in [6.45, 7) is 2.69. The molecule has 19 heavy (non-hydrogen) atoms. The summed E-state index contributed by atoms with van der Waals surface area (Å²) in [6.07, 6.45) is 1.55. The largest absolute Gasteiger partial charge is 0.467 e. The lowest BCUT2D eigenvalue weighted by Gasteiger charge is -2.19. The zero-order valence-electron chi connectivity index (χ0n) is 10.6. The smallest absolute Gasteiger partial charge is 0.254 e. The molecule has 0 aliphatic carbocycles. The van der Waals surface area contributed by atoms with Crippen LogP contribution in [0.4, 0.5) is 10.1 Å². The maximum Gasteiger partial charge on any atom is 0.254 e. The summed E-state index contributed by atoms with van der Waals surface area (Å²) >= 11 is 0. The molecule has 0 unspecified atom stereocenters. The molecule has 0 radical (unpaired) electrons. The molecule has 0 saturated carbocycles. The Morgan fingerprint density at radius 1 is 1.42 bits per heavy atom. The minimum atomic E-state index is -0.516. The molecule has 1 aromatic carbocycles. The molecule has 2 N–H and O–H groups in total. The van der Waals surface area contributed by atoms with Crippen LogP contribution < -0.4 is 5.73 Å². The number of halogens is 1. The van der Waals surface area contributed by atoms with E-state index < -0.39 is 5.82 Å². The molecule has 0 atom stereocenters. The molecule has 0 fully saturated rings. The van der Waals surface area contributed by atoms with Crippen molar-refractivity contribution in [1.29, 1.82) is 0 Å². The topological polar surface area (TPSA) is 59.5 Å². The van der Waals surface area contributed by atoms with Gasteiger partial charge in [0.1, 0.15) is 11.6 Å². The SMILES string of the molecule is CCN(Cc1ccco1)C(=O)c1cc(N)cc(F)c1. The van der Waals surface area contributed by atoms with Crippen molar-refractivity contribution in [2.75, 3.05) is 12.3 Å². The van der Waals surface area contributed by atoms with Crippen LogP contribution in [0.1, 0.15) is 23.0 Å². The molecule has 100 valence electrons. The highest BCUT2D eigenvalue weighted by Crippen LogP contribution is 2.15. The van der Waals surface area contributed by atoms with Crippen molar-refractivity contribution < 1.29 is 13.6 Å². The Morgan fingerprint density at radius 3 is 2.79 bits per heavy atom. The van der Waals surface area contributed by atoms with Crippen LogP contribution in [0.25, 0.3) is 0 Å². The quantitative estimate of drug-likeness (QED) is 0.862. The normalized spacial score (nSPS) is 10.4. The van der Waals surface area contributed by atoms with Crippen molar-refractivity contribution in [3.63, 3.8) is 0 Å². The second-order valence-corrected chi connectivity index (χ2v) is 4.17. The Balaban J connectivity index is 2.20. The van der Waals surface area contributed by atoms with Gasteiger partial charge in [0.25, 0.3) is 5.91 Å². The molecule has 1 amide bonds. The Morgan fingerprint density at radius 2 is 2.21 bits per heavy atom. The van der Waals surface area contributed by atoms with Crippen molar-refractivity contribution in [2.45, 2.75) is 13.5 Å². The predicted molar refractivity (Wildman–Crippen MR) is 69.9 cm³/mol. The van der Waals surface area contributed by atoms with Gasteiger partial charge in [0, 0.05) is 17.8 Å². The van der Waals surface area contributed by atoms with Crippen LogP contribution in [0.15, 0.2) is 41.0 Å². The van der Waals surface area contributed by atoms with Crippen LogP contribution in [0.2, 0.25) is 0 Å². The van der Waals surface area contributed by atoms with Gasteiger partial charge in [-0.05, 0) is 37.3 Å². The third kappa shape index (κ3) is 3.13. The summed E-state index contributed by atoms with van der Waals surface area (Å²) < 4.78 is 18.5. The zero-order chi connectivity index (χ0) is 13.8. The summed E-state index contributed by atoms with van der Waals surface area (Å²) in [4.78, 5) is 13.8. The fraction of sp³-hybridized carbons (Fsp3) is 0.214. The number of carbonyl (C=O) groups excluding carboxylic acids is 1. The molecule has 2 rings (SSSR count). The monoisotopic (exact) mass is 262 g/mol. The molecule has 2 aromatic rings.